The number of ether oxygens (including phenoxy) is 1. The van der Waals surface area contributed by atoms with Gasteiger partial charge in [-0.25, -0.2) is 4.79 Å². The standard InChI is InChI=1S/C19H18N4O2S/c1-25-17(24)15-9-7-14(8-10-15)13-26-19-21-20-18-22(11-12-23(18)19)16-5-3-2-4-6-16/h2-10H,11-13H2,1H3. The van der Waals surface area contributed by atoms with Crippen LogP contribution in [0.4, 0.5) is 11.6 Å². The van der Waals surface area contributed by atoms with E-state index in [1.807, 2.05) is 30.3 Å². The smallest absolute Gasteiger partial charge is 0.337 e. The fourth-order valence-corrected chi connectivity index (χ4v) is 3.85. The second-order valence-corrected chi connectivity index (χ2v) is 6.84. The Morgan fingerprint density at radius 1 is 1.08 bits per heavy atom. The molecule has 6 nitrogen and oxygen atoms in total. The summed E-state index contributed by atoms with van der Waals surface area (Å²) >= 11 is 1.65. The molecule has 0 atom stereocenters. The number of esters is 1. The van der Waals surface area contributed by atoms with Crippen LogP contribution < -0.4 is 4.90 Å². The number of carbonyl (C=O) groups excluding carboxylic acids is 1. The van der Waals surface area contributed by atoms with Gasteiger partial charge in [0.15, 0.2) is 5.16 Å². The number of nitrogens with zero attached hydrogens (tertiary/aromatic N) is 4. The third-order valence-electron chi connectivity index (χ3n) is 4.30. The predicted octanol–water partition coefficient (Wildman–Crippen LogP) is 3.51. The van der Waals surface area contributed by atoms with Crippen molar-refractivity contribution in [2.24, 2.45) is 0 Å². The third kappa shape index (κ3) is 3.17. The maximum Gasteiger partial charge on any atom is 0.337 e. The number of aromatic nitrogens is 3. The molecular formula is C19H18N4O2S. The number of hydrogen-bond donors (Lipinski definition) is 0. The van der Waals surface area contributed by atoms with Gasteiger partial charge in [0.05, 0.1) is 12.7 Å². The minimum atomic E-state index is -0.319. The summed E-state index contributed by atoms with van der Waals surface area (Å²) in [4.78, 5) is 13.7. The molecule has 0 N–H and O–H groups in total. The average Bonchev–Trinajstić information content (AvgIpc) is 3.29. The Morgan fingerprint density at radius 2 is 1.85 bits per heavy atom. The molecule has 0 saturated heterocycles. The van der Waals surface area contributed by atoms with Gasteiger partial charge in [-0.1, -0.05) is 42.1 Å². The Kier molecular flexibility index (Phi) is 4.62. The average molecular weight is 366 g/mol. The van der Waals surface area contributed by atoms with E-state index in [1.165, 1.54) is 7.11 Å². The zero-order chi connectivity index (χ0) is 17.9. The van der Waals surface area contributed by atoms with Crippen molar-refractivity contribution in [2.75, 3.05) is 18.6 Å². The van der Waals surface area contributed by atoms with Gasteiger partial charge in [-0.05, 0) is 29.8 Å². The highest BCUT2D eigenvalue weighted by molar-refractivity contribution is 7.98. The van der Waals surface area contributed by atoms with Crippen LogP contribution in [0.3, 0.4) is 0 Å². The SMILES string of the molecule is COC(=O)c1ccc(CSc2nnc3n2CCN3c2ccccc2)cc1. The fourth-order valence-electron chi connectivity index (χ4n) is 2.94. The molecule has 2 heterocycles. The van der Waals surface area contributed by atoms with E-state index < -0.39 is 0 Å². The van der Waals surface area contributed by atoms with E-state index in [2.05, 4.69) is 31.8 Å². The largest absolute Gasteiger partial charge is 0.465 e. The molecule has 1 aliphatic rings. The molecule has 0 unspecified atom stereocenters. The summed E-state index contributed by atoms with van der Waals surface area (Å²) in [5.41, 5.74) is 2.81. The van der Waals surface area contributed by atoms with Crippen LogP contribution in [0.25, 0.3) is 0 Å². The predicted molar refractivity (Wildman–Crippen MR) is 101 cm³/mol. The monoisotopic (exact) mass is 366 g/mol. The second-order valence-electron chi connectivity index (χ2n) is 5.90. The number of benzene rings is 2. The van der Waals surface area contributed by atoms with Crippen molar-refractivity contribution in [3.8, 4) is 0 Å². The summed E-state index contributed by atoms with van der Waals surface area (Å²) in [6.45, 7) is 1.77. The summed E-state index contributed by atoms with van der Waals surface area (Å²) < 4.78 is 6.87. The van der Waals surface area contributed by atoms with Crippen molar-refractivity contribution < 1.29 is 9.53 Å². The first-order valence-electron chi connectivity index (χ1n) is 8.32. The van der Waals surface area contributed by atoms with Crippen LogP contribution in [0.15, 0.2) is 59.8 Å². The van der Waals surface area contributed by atoms with E-state index in [1.54, 1.807) is 23.9 Å². The summed E-state index contributed by atoms with van der Waals surface area (Å²) in [7, 11) is 1.39. The van der Waals surface area contributed by atoms with Crippen LogP contribution in [0.5, 0.6) is 0 Å². The Hall–Kier alpha value is -2.80. The topological polar surface area (TPSA) is 60.2 Å². The molecule has 0 saturated carbocycles. The first kappa shape index (κ1) is 16.7. The van der Waals surface area contributed by atoms with Crippen LogP contribution in [-0.2, 0) is 17.0 Å². The zero-order valence-corrected chi connectivity index (χ0v) is 15.1. The molecule has 2 aromatic carbocycles. The molecule has 0 fully saturated rings. The first-order chi connectivity index (χ1) is 12.8. The number of methoxy groups -OCH3 is 1. The van der Waals surface area contributed by atoms with Crippen LogP contribution in [0.1, 0.15) is 15.9 Å². The van der Waals surface area contributed by atoms with Gasteiger partial charge in [0.2, 0.25) is 5.95 Å². The van der Waals surface area contributed by atoms with Gasteiger partial charge >= 0.3 is 5.97 Å². The zero-order valence-electron chi connectivity index (χ0n) is 14.3. The fraction of sp³-hybridized carbons (Fsp3) is 0.211. The van der Waals surface area contributed by atoms with Crippen LogP contribution in [0, 0.1) is 0 Å². The first-order valence-corrected chi connectivity index (χ1v) is 9.30. The number of carbonyl (C=O) groups is 1. The van der Waals surface area contributed by atoms with Gasteiger partial charge in [-0.2, -0.15) is 0 Å². The molecule has 1 aromatic heterocycles. The number of thioether (sulfide) groups is 1. The van der Waals surface area contributed by atoms with Gasteiger partial charge in [0.25, 0.3) is 0 Å². The van der Waals surface area contributed by atoms with Crippen molar-refractivity contribution in [3.05, 3.63) is 65.7 Å². The summed E-state index contributed by atoms with van der Waals surface area (Å²) in [6, 6.07) is 17.7. The van der Waals surface area contributed by atoms with Crippen LogP contribution in [0.2, 0.25) is 0 Å². The van der Waals surface area contributed by atoms with Gasteiger partial charge in [0, 0.05) is 24.5 Å². The van der Waals surface area contributed by atoms with Gasteiger partial charge in [0.1, 0.15) is 0 Å². The van der Waals surface area contributed by atoms with Gasteiger partial charge in [-0.15, -0.1) is 10.2 Å². The van der Waals surface area contributed by atoms with E-state index in [9.17, 15) is 4.79 Å². The summed E-state index contributed by atoms with van der Waals surface area (Å²) in [5.74, 6) is 1.34. The minimum absolute atomic E-state index is 0.319. The van der Waals surface area contributed by atoms with E-state index >= 15 is 0 Å². The van der Waals surface area contributed by atoms with Crippen LogP contribution >= 0.6 is 11.8 Å². The lowest BCUT2D eigenvalue weighted by Gasteiger charge is -2.14. The molecule has 1 aliphatic heterocycles. The molecule has 26 heavy (non-hydrogen) atoms. The Morgan fingerprint density at radius 3 is 2.58 bits per heavy atom. The van der Waals surface area contributed by atoms with E-state index in [-0.39, 0.29) is 5.97 Å². The third-order valence-corrected chi connectivity index (χ3v) is 5.33. The number of anilines is 2. The molecule has 4 rings (SSSR count). The normalized spacial score (nSPS) is 12.9. The maximum absolute atomic E-state index is 11.5. The van der Waals surface area contributed by atoms with Gasteiger partial charge < -0.3 is 9.64 Å². The van der Waals surface area contributed by atoms with E-state index in [0.717, 1.165) is 41.2 Å². The van der Waals surface area contributed by atoms with Gasteiger partial charge in [-0.3, -0.25) is 4.57 Å². The quantitative estimate of drug-likeness (QED) is 0.509. The minimum Gasteiger partial charge on any atom is -0.465 e. The lowest BCUT2D eigenvalue weighted by molar-refractivity contribution is 0.0600. The van der Waals surface area contributed by atoms with E-state index in [0.29, 0.717) is 5.56 Å². The van der Waals surface area contributed by atoms with E-state index in [4.69, 9.17) is 4.74 Å². The Balaban J connectivity index is 1.45. The lowest BCUT2D eigenvalue weighted by Crippen LogP contribution is -2.13. The van der Waals surface area contributed by atoms with Crippen LogP contribution in [-0.4, -0.2) is 34.4 Å². The van der Waals surface area contributed by atoms with Crippen molar-refractivity contribution in [3.63, 3.8) is 0 Å². The molecule has 3 aromatic rings. The van der Waals surface area contributed by atoms with Crippen molar-refractivity contribution in [1.82, 2.24) is 14.8 Å². The number of rotatable bonds is 5. The summed E-state index contributed by atoms with van der Waals surface area (Å²) in [6.07, 6.45) is 0. The number of hydrogen-bond acceptors (Lipinski definition) is 6. The van der Waals surface area contributed by atoms with Crippen molar-refractivity contribution in [1.29, 1.82) is 0 Å². The molecular weight excluding hydrogens is 348 g/mol. The second kappa shape index (κ2) is 7.21. The molecule has 0 amide bonds. The molecule has 132 valence electrons. The lowest BCUT2D eigenvalue weighted by atomic mass is 10.1. The highest BCUT2D eigenvalue weighted by atomic mass is 32.2. The Labute approximate surface area is 155 Å². The Bertz CT molecular complexity index is 909. The van der Waals surface area contributed by atoms with Crippen molar-refractivity contribution in [2.45, 2.75) is 17.5 Å². The number of para-hydroxylation sites is 1. The molecule has 0 bridgehead atoms. The molecule has 7 heteroatoms. The number of fused-ring (bicyclic) bond motifs is 1. The molecule has 0 radical (unpaired) electrons. The maximum atomic E-state index is 11.5. The summed E-state index contributed by atoms with van der Waals surface area (Å²) in [5, 5.41) is 9.63. The molecule has 0 aliphatic carbocycles. The highest BCUT2D eigenvalue weighted by Gasteiger charge is 2.25. The highest BCUT2D eigenvalue weighted by Crippen LogP contribution is 2.32. The van der Waals surface area contributed by atoms with Crippen molar-refractivity contribution >= 4 is 29.4 Å². The molecule has 0 spiro atoms.